The highest BCUT2D eigenvalue weighted by atomic mass is 14.9. The molecule has 0 fully saturated rings. The van der Waals surface area contributed by atoms with E-state index in [-0.39, 0.29) is 6.04 Å². The number of nitrogens with zero attached hydrogens (tertiary/aromatic N) is 1. The van der Waals surface area contributed by atoms with Gasteiger partial charge >= 0.3 is 0 Å². The first-order chi connectivity index (χ1) is 8.77. The van der Waals surface area contributed by atoms with Crippen LogP contribution in [0.25, 0.3) is 5.57 Å². The Kier molecular flexibility index (Phi) is 4.26. The Morgan fingerprint density at radius 3 is 2.67 bits per heavy atom. The molecule has 0 saturated carbocycles. The molecule has 0 saturated heterocycles. The molecule has 2 rings (SSSR count). The van der Waals surface area contributed by atoms with Crippen LogP contribution >= 0.6 is 0 Å². The van der Waals surface area contributed by atoms with E-state index in [0.717, 1.165) is 12.1 Å². The number of hydrogen-bond acceptors (Lipinski definition) is 2. The molecule has 1 heterocycles. The van der Waals surface area contributed by atoms with Crippen LogP contribution in [0.2, 0.25) is 0 Å². The fourth-order valence-corrected chi connectivity index (χ4v) is 1.80. The maximum Gasteiger partial charge on any atom is 0.0315 e. The summed E-state index contributed by atoms with van der Waals surface area (Å²) in [5.41, 5.74) is 3.48. The minimum atomic E-state index is 0.277. The van der Waals surface area contributed by atoms with Gasteiger partial charge in [0, 0.05) is 25.0 Å². The van der Waals surface area contributed by atoms with E-state index in [4.69, 9.17) is 0 Å². The molecule has 0 aliphatic heterocycles. The summed E-state index contributed by atoms with van der Waals surface area (Å²) < 4.78 is 0. The van der Waals surface area contributed by atoms with Crippen molar-refractivity contribution in [3.8, 4) is 0 Å². The second-order valence-electron chi connectivity index (χ2n) is 4.36. The molecule has 2 aromatic rings. The normalized spacial score (nSPS) is 12.1. The molecule has 0 unspecified atom stereocenters. The summed E-state index contributed by atoms with van der Waals surface area (Å²) in [6, 6.07) is 14.6. The van der Waals surface area contributed by atoms with Crippen molar-refractivity contribution in [3.63, 3.8) is 0 Å². The zero-order valence-corrected chi connectivity index (χ0v) is 10.6. The van der Waals surface area contributed by atoms with Crippen molar-refractivity contribution in [2.75, 3.05) is 6.54 Å². The second kappa shape index (κ2) is 6.12. The van der Waals surface area contributed by atoms with Crippen LogP contribution in [0.3, 0.4) is 0 Å². The molecule has 92 valence electrons. The molecule has 0 spiro atoms. The first kappa shape index (κ1) is 12.5. The van der Waals surface area contributed by atoms with Gasteiger partial charge < -0.3 is 5.32 Å². The Bertz CT molecular complexity index is 491. The van der Waals surface area contributed by atoms with E-state index in [1.807, 2.05) is 30.5 Å². The summed E-state index contributed by atoms with van der Waals surface area (Å²) in [6.45, 7) is 7.02. The van der Waals surface area contributed by atoms with Crippen molar-refractivity contribution in [2.24, 2.45) is 0 Å². The Labute approximate surface area is 108 Å². The highest BCUT2D eigenvalue weighted by molar-refractivity contribution is 5.64. The van der Waals surface area contributed by atoms with Gasteiger partial charge in [-0.05, 0) is 29.7 Å². The van der Waals surface area contributed by atoms with Gasteiger partial charge in [0.15, 0.2) is 0 Å². The molecule has 0 radical (unpaired) electrons. The molecule has 1 aromatic heterocycles. The van der Waals surface area contributed by atoms with E-state index >= 15 is 0 Å². The zero-order chi connectivity index (χ0) is 12.8. The maximum atomic E-state index is 4.13. The SMILES string of the molecule is C=C(CN[C@@H](C)c1cccnc1)c1ccccc1. The molecule has 0 amide bonds. The Hall–Kier alpha value is -1.93. The minimum Gasteiger partial charge on any atom is -0.306 e. The average molecular weight is 238 g/mol. The molecule has 2 heteroatoms. The number of aromatic nitrogens is 1. The maximum absolute atomic E-state index is 4.13. The molecule has 1 aromatic carbocycles. The molecular weight excluding hydrogens is 220 g/mol. The van der Waals surface area contributed by atoms with Crippen LogP contribution in [0.15, 0.2) is 61.4 Å². The minimum absolute atomic E-state index is 0.277. The molecule has 1 atom stereocenters. The van der Waals surface area contributed by atoms with Gasteiger partial charge in [-0.1, -0.05) is 43.0 Å². The third-order valence-electron chi connectivity index (χ3n) is 2.99. The zero-order valence-electron chi connectivity index (χ0n) is 10.6. The number of rotatable bonds is 5. The van der Waals surface area contributed by atoms with Crippen LogP contribution in [0.5, 0.6) is 0 Å². The monoisotopic (exact) mass is 238 g/mol. The summed E-state index contributed by atoms with van der Waals surface area (Å²) in [7, 11) is 0. The molecule has 2 nitrogen and oxygen atoms in total. The van der Waals surface area contributed by atoms with E-state index in [9.17, 15) is 0 Å². The number of pyridine rings is 1. The van der Waals surface area contributed by atoms with Crippen LogP contribution < -0.4 is 5.32 Å². The molecule has 1 N–H and O–H groups in total. The van der Waals surface area contributed by atoms with Crippen LogP contribution in [-0.4, -0.2) is 11.5 Å². The second-order valence-corrected chi connectivity index (χ2v) is 4.36. The van der Waals surface area contributed by atoms with Crippen molar-refractivity contribution in [2.45, 2.75) is 13.0 Å². The van der Waals surface area contributed by atoms with E-state index in [1.54, 1.807) is 6.20 Å². The fourth-order valence-electron chi connectivity index (χ4n) is 1.80. The smallest absolute Gasteiger partial charge is 0.0315 e. The van der Waals surface area contributed by atoms with Gasteiger partial charge in [0.1, 0.15) is 0 Å². The van der Waals surface area contributed by atoms with Crippen molar-refractivity contribution in [1.82, 2.24) is 10.3 Å². The summed E-state index contributed by atoms with van der Waals surface area (Å²) in [5.74, 6) is 0. The van der Waals surface area contributed by atoms with Crippen LogP contribution in [-0.2, 0) is 0 Å². The van der Waals surface area contributed by atoms with Gasteiger partial charge in [-0.25, -0.2) is 0 Å². The predicted octanol–water partition coefficient (Wildman–Crippen LogP) is 3.45. The van der Waals surface area contributed by atoms with E-state index in [1.165, 1.54) is 11.1 Å². The molecule has 0 aliphatic carbocycles. The standard InChI is InChI=1S/C16H18N2/c1-13(15-7-4-3-5-8-15)11-18-14(2)16-9-6-10-17-12-16/h3-10,12,14,18H,1,11H2,2H3/t14-/m0/s1. The molecular formula is C16H18N2. The van der Waals surface area contributed by atoms with E-state index < -0.39 is 0 Å². The van der Waals surface area contributed by atoms with Gasteiger partial charge in [-0.15, -0.1) is 0 Å². The lowest BCUT2D eigenvalue weighted by Crippen LogP contribution is -2.20. The number of nitrogens with one attached hydrogen (secondary N) is 1. The summed E-state index contributed by atoms with van der Waals surface area (Å²) in [4.78, 5) is 4.13. The number of hydrogen-bond donors (Lipinski definition) is 1. The summed E-state index contributed by atoms with van der Waals surface area (Å²) in [6.07, 6.45) is 3.68. The summed E-state index contributed by atoms with van der Waals surface area (Å²) >= 11 is 0. The summed E-state index contributed by atoms with van der Waals surface area (Å²) in [5, 5.41) is 3.46. The van der Waals surface area contributed by atoms with Gasteiger partial charge in [-0.2, -0.15) is 0 Å². The van der Waals surface area contributed by atoms with E-state index in [0.29, 0.717) is 0 Å². The van der Waals surface area contributed by atoms with Gasteiger partial charge in [0.25, 0.3) is 0 Å². The van der Waals surface area contributed by atoms with Crippen LogP contribution in [0.4, 0.5) is 0 Å². The van der Waals surface area contributed by atoms with Crippen molar-refractivity contribution in [3.05, 3.63) is 72.6 Å². The molecule has 18 heavy (non-hydrogen) atoms. The molecule has 0 bridgehead atoms. The lowest BCUT2D eigenvalue weighted by molar-refractivity contribution is 0.620. The van der Waals surface area contributed by atoms with Gasteiger partial charge in [-0.3, -0.25) is 4.98 Å². The first-order valence-electron chi connectivity index (χ1n) is 6.14. The predicted molar refractivity (Wildman–Crippen MR) is 76.1 cm³/mol. The Balaban J connectivity index is 1.91. The van der Waals surface area contributed by atoms with Crippen molar-refractivity contribution < 1.29 is 0 Å². The lowest BCUT2D eigenvalue weighted by Gasteiger charge is -2.15. The third-order valence-corrected chi connectivity index (χ3v) is 2.99. The van der Waals surface area contributed by atoms with Crippen molar-refractivity contribution >= 4 is 5.57 Å². The topological polar surface area (TPSA) is 24.9 Å². The van der Waals surface area contributed by atoms with Crippen LogP contribution in [0.1, 0.15) is 24.1 Å². The highest BCUT2D eigenvalue weighted by Crippen LogP contribution is 2.14. The quantitative estimate of drug-likeness (QED) is 0.863. The number of benzene rings is 1. The fraction of sp³-hybridized carbons (Fsp3) is 0.188. The van der Waals surface area contributed by atoms with Crippen molar-refractivity contribution in [1.29, 1.82) is 0 Å². The van der Waals surface area contributed by atoms with Gasteiger partial charge in [0.2, 0.25) is 0 Å². The largest absolute Gasteiger partial charge is 0.306 e. The van der Waals surface area contributed by atoms with E-state index in [2.05, 4.69) is 42.0 Å². The van der Waals surface area contributed by atoms with Gasteiger partial charge in [0.05, 0.1) is 0 Å². The Morgan fingerprint density at radius 2 is 2.00 bits per heavy atom. The highest BCUT2D eigenvalue weighted by Gasteiger charge is 2.05. The lowest BCUT2D eigenvalue weighted by atomic mass is 10.1. The molecule has 0 aliphatic rings. The third kappa shape index (κ3) is 3.28. The average Bonchev–Trinajstić information content (AvgIpc) is 2.46. The van der Waals surface area contributed by atoms with Crippen LogP contribution in [0, 0.1) is 0 Å². The first-order valence-corrected chi connectivity index (χ1v) is 6.14. The Morgan fingerprint density at radius 1 is 1.22 bits per heavy atom.